The standard InChI is InChI=1S/C10H15N3/c1-4-13(3)10-7-9(8(2)11)5-6-12-10/h5-7H,2,4,11H2,1,3H3. The van der Waals surface area contributed by atoms with Gasteiger partial charge in [-0.2, -0.15) is 0 Å². The fourth-order valence-corrected chi connectivity index (χ4v) is 0.989. The highest BCUT2D eigenvalue weighted by atomic mass is 15.1. The Hall–Kier alpha value is -1.51. The maximum atomic E-state index is 5.58. The molecule has 3 heteroatoms. The first-order valence-electron chi connectivity index (χ1n) is 4.27. The van der Waals surface area contributed by atoms with E-state index in [2.05, 4.69) is 18.5 Å². The fourth-order valence-electron chi connectivity index (χ4n) is 0.989. The molecule has 1 aromatic rings. The number of anilines is 1. The molecule has 0 spiro atoms. The summed E-state index contributed by atoms with van der Waals surface area (Å²) in [5.41, 5.74) is 7.10. The molecule has 0 atom stereocenters. The number of hydrogen-bond acceptors (Lipinski definition) is 3. The van der Waals surface area contributed by atoms with Crippen molar-refractivity contribution in [3.63, 3.8) is 0 Å². The van der Waals surface area contributed by atoms with E-state index in [1.54, 1.807) is 6.20 Å². The highest BCUT2D eigenvalue weighted by Gasteiger charge is 2.01. The van der Waals surface area contributed by atoms with Crippen molar-refractivity contribution < 1.29 is 0 Å². The first-order valence-corrected chi connectivity index (χ1v) is 4.27. The summed E-state index contributed by atoms with van der Waals surface area (Å²) in [6.45, 7) is 6.68. The van der Waals surface area contributed by atoms with Crippen molar-refractivity contribution in [2.45, 2.75) is 6.92 Å². The summed E-state index contributed by atoms with van der Waals surface area (Å²) in [5, 5.41) is 0. The zero-order valence-electron chi connectivity index (χ0n) is 8.12. The number of aromatic nitrogens is 1. The van der Waals surface area contributed by atoms with E-state index in [4.69, 9.17) is 5.73 Å². The molecule has 2 N–H and O–H groups in total. The van der Waals surface area contributed by atoms with Crippen LogP contribution in [0, 0.1) is 0 Å². The average molecular weight is 177 g/mol. The smallest absolute Gasteiger partial charge is 0.128 e. The quantitative estimate of drug-likeness (QED) is 0.760. The zero-order chi connectivity index (χ0) is 9.84. The van der Waals surface area contributed by atoms with Gasteiger partial charge in [-0.15, -0.1) is 0 Å². The van der Waals surface area contributed by atoms with Crippen LogP contribution in [0.5, 0.6) is 0 Å². The van der Waals surface area contributed by atoms with Gasteiger partial charge < -0.3 is 10.6 Å². The van der Waals surface area contributed by atoms with Gasteiger partial charge in [-0.25, -0.2) is 4.98 Å². The van der Waals surface area contributed by atoms with E-state index >= 15 is 0 Å². The maximum absolute atomic E-state index is 5.58. The van der Waals surface area contributed by atoms with Crippen molar-refractivity contribution >= 4 is 11.5 Å². The minimum absolute atomic E-state index is 0.577. The molecule has 70 valence electrons. The first kappa shape index (κ1) is 9.58. The summed E-state index contributed by atoms with van der Waals surface area (Å²) < 4.78 is 0. The Kier molecular flexibility index (Phi) is 2.90. The molecule has 1 rings (SSSR count). The third kappa shape index (κ3) is 2.21. The second-order valence-electron chi connectivity index (χ2n) is 2.94. The Labute approximate surface area is 78.9 Å². The molecule has 13 heavy (non-hydrogen) atoms. The van der Waals surface area contributed by atoms with Crippen LogP contribution >= 0.6 is 0 Å². The molecule has 0 aliphatic carbocycles. The minimum atomic E-state index is 0.577. The van der Waals surface area contributed by atoms with Crippen molar-refractivity contribution in [3.8, 4) is 0 Å². The molecule has 0 unspecified atom stereocenters. The van der Waals surface area contributed by atoms with Crippen molar-refractivity contribution in [2.24, 2.45) is 5.73 Å². The van der Waals surface area contributed by atoms with Crippen LogP contribution in [0.25, 0.3) is 5.70 Å². The lowest BCUT2D eigenvalue weighted by Gasteiger charge is -2.15. The van der Waals surface area contributed by atoms with Crippen LogP contribution in [0.1, 0.15) is 12.5 Å². The van der Waals surface area contributed by atoms with E-state index in [0.29, 0.717) is 5.70 Å². The lowest BCUT2D eigenvalue weighted by Crippen LogP contribution is -2.17. The van der Waals surface area contributed by atoms with Crippen LogP contribution in [0.4, 0.5) is 5.82 Å². The topological polar surface area (TPSA) is 42.1 Å². The van der Waals surface area contributed by atoms with E-state index < -0.39 is 0 Å². The first-order chi connectivity index (χ1) is 6.15. The molecule has 3 nitrogen and oxygen atoms in total. The van der Waals surface area contributed by atoms with Gasteiger partial charge in [0, 0.05) is 31.0 Å². The van der Waals surface area contributed by atoms with Gasteiger partial charge in [0.05, 0.1) is 0 Å². The van der Waals surface area contributed by atoms with E-state index in [0.717, 1.165) is 17.9 Å². The predicted molar refractivity (Wildman–Crippen MR) is 56.4 cm³/mol. The van der Waals surface area contributed by atoms with E-state index in [-0.39, 0.29) is 0 Å². The zero-order valence-corrected chi connectivity index (χ0v) is 8.12. The van der Waals surface area contributed by atoms with Crippen LogP contribution in [-0.4, -0.2) is 18.6 Å². The van der Waals surface area contributed by atoms with Crippen molar-refractivity contribution in [3.05, 3.63) is 30.5 Å². The van der Waals surface area contributed by atoms with E-state index in [1.807, 2.05) is 24.1 Å². The summed E-state index contributed by atoms with van der Waals surface area (Å²) >= 11 is 0. The van der Waals surface area contributed by atoms with Gasteiger partial charge in [0.1, 0.15) is 5.82 Å². The van der Waals surface area contributed by atoms with E-state index in [1.165, 1.54) is 0 Å². The molecule has 0 radical (unpaired) electrons. The molecule has 0 saturated carbocycles. The van der Waals surface area contributed by atoms with Gasteiger partial charge in [0.2, 0.25) is 0 Å². The van der Waals surface area contributed by atoms with Crippen molar-refractivity contribution in [2.75, 3.05) is 18.5 Å². The lowest BCUT2D eigenvalue weighted by molar-refractivity contribution is 0.937. The molecule has 1 heterocycles. The Bertz CT molecular complexity index is 307. The lowest BCUT2D eigenvalue weighted by atomic mass is 10.2. The second kappa shape index (κ2) is 3.94. The molecule has 0 amide bonds. The summed E-state index contributed by atoms with van der Waals surface area (Å²) in [5.74, 6) is 0.923. The summed E-state index contributed by atoms with van der Waals surface area (Å²) in [4.78, 5) is 6.27. The summed E-state index contributed by atoms with van der Waals surface area (Å²) in [7, 11) is 1.99. The third-order valence-electron chi connectivity index (χ3n) is 1.98. The highest BCUT2D eigenvalue weighted by Crippen LogP contribution is 2.13. The normalized spacial score (nSPS) is 9.69. The number of nitrogens with two attached hydrogens (primary N) is 1. The Balaban J connectivity index is 2.98. The number of hydrogen-bond donors (Lipinski definition) is 1. The largest absolute Gasteiger partial charge is 0.399 e. The second-order valence-corrected chi connectivity index (χ2v) is 2.94. The van der Waals surface area contributed by atoms with Gasteiger partial charge in [-0.1, -0.05) is 6.58 Å². The summed E-state index contributed by atoms with van der Waals surface area (Å²) in [6.07, 6.45) is 1.74. The molecule has 0 aromatic carbocycles. The Morgan fingerprint density at radius 2 is 2.38 bits per heavy atom. The minimum Gasteiger partial charge on any atom is -0.399 e. The number of nitrogens with zero attached hydrogens (tertiary/aromatic N) is 2. The molecule has 0 aliphatic heterocycles. The predicted octanol–water partition coefficient (Wildman–Crippen LogP) is 1.47. The van der Waals surface area contributed by atoms with Gasteiger partial charge in [0.15, 0.2) is 0 Å². The Morgan fingerprint density at radius 1 is 1.69 bits per heavy atom. The van der Waals surface area contributed by atoms with Crippen molar-refractivity contribution in [1.29, 1.82) is 0 Å². The fraction of sp³-hybridized carbons (Fsp3) is 0.300. The van der Waals surface area contributed by atoms with Crippen molar-refractivity contribution in [1.82, 2.24) is 4.98 Å². The molecule has 1 aromatic heterocycles. The van der Waals surface area contributed by atoms with Crippen LogP contribution < -0.4 is 10.6 Å². The van der Waals surface area contributed by atoms with Gasteiger partial charge in [-0.05, 0) is 19.1 Å². The molecule has 0 bridgehead atoms. The highest BCUT2D eigenvalue weighted by molar-refractivity contribution is 5.62. The van der Waals surface area contributed by atoms with Crippen LogP contribution in [0.2, 0.25) is 0 Å². The number of pyridine rings is 1. The molecular weight excluding hydrogens is 162 g/mol. The van der Waals surface area contributed by atoms with Crippen LogP contribution in [0.3, 0.4) is 0 Å². The third-order valence-corrected chi connectivity index (χ3v) is 1.98. The van der Waals surface area contributed by atoms with Crippen LogP contribution in [0.15, 0.2) is 24.9 Å². The average Bonchev–Trinajstić information content (AvgIpc) is 2.17. The van der Waals surface area contributed by atoms with Crippen LogP contribution in [-0.2, 0) is 0 Å². The SMILES string of the molecule is C=C(N)c1ccnc(N(C)CC)c1. The molecular formula is C10H15N3. The van der Waals surface area contributed by atoms with Gasteiger partial charge >= 0.3 is 0 Å². The van der Waals surface area contributed by atoms with E-state index in [9.17, 15) is 0 Å². The monoisotopic (exact) mass is 177 g/mol. The molecule has 0 aliphatic rings. The molecule has 0 fully saturated rings. The summed E-state index contributed by atoms with van der Waals surface area (Å²) in [6, 6.07) is 3.79. The van der Waals surface area contributed by atoms with Gasteiger partial charge in [-0.3, -0.25) is 0 Å². The van der Waals surface area contributed by atoms with Gasteiger partial charge in [0.25, 0.3) is 0 Å². The maximum Gasteiger partial charge on any atom is 0.128 e. The Morgan fingerprint density at radius 3 is 2.92 bits per heavy atom. The number of rotatable bonds is 3. The molecule has 0 saturated heterocycles.